The first-order chi connectivity index (χ1) is 16.4. The van der Waals surface area contributed by atoms with Crippen LogP contribution in [0.3, 0.4) is 0 Å². The lowest BCUT2D eigenvalue weighted by Gasteiger charge is -2.35. The van der Waals surface area contributed by atoms with Crippen molar-refractivity contribution in [3.8, 4) is 17.2 Å². The van der Waals surface area contributed by atoms with Crippen LogP contribution in [-0.4, -0.2) is 47.2 Å². The second kappa shape index (κ2) is 10.0. The summed E-state index contributed by atoms with van der Waals surface area (Å²) in [6.07, 6.45) is -1.01. The van der Waals surface area contributed by atoms with Gasteiger partial charge in [-0.1, -0.05) is 36.4 Å². The fourth-order valence-electron chi connectivity index (χ4n) is 3.63. The molecule has 3 aromatic carbocycles. The molecule has 9 heteroatoms. The van der Waals surface area contributed by atoms with Crippen molar-refractivity contribution in [2.24, 2.45) is 0 Å². The maximum atomic E-state index is 13.4. The number of rotatable bonds is 8. The Morgan fingerprint density at radius 1 is 1.06 bits per heavy atom. The molecule has 0 saturated carbocycles. The molecule has 8 nitrogen and oxygen atoms in total. The number of anilines is 1. The lowest BCUT2D eigenvalue weighted by atomic mass is 10.1. The quantitative estimate of drug-likeness (QED) is 0.496. The van der Waals surface area contributed by atoms with E-state index in [4.69, 9.17) is 14.2 Å². The number of hydrogen-bond acceptors (Lipinski definition) is 6. The average Bonchev–Trinajstić information content (AvgIpc) is 2.86. The van der Waals surface area contributed by atoms with Gasteiger partial charge in [-0.3, -0.25) is 9.10 Å². The summed E-state index contributed by atoms with van der Waals surface area (Å²) in [6.45, 7) is 2.15. The number of nitrogens with zero attached hydrogens (tertiary/aromatic N) is 1. The highest BCUT2D eigenvalue weighted by Gasteiger charge is 2.37. The third-order valence-electron chi connectivity index (χ3n) is 5.34. The number of carbonyl (C=O) groups is 1. The number of sulfonamides is 1. The van der Waals surface area contributed by atoms with Crippen LogP contribution in [0.25, 0.3) is 0 Å². The second-order valence-corrected chi connectivity index (χ2v) is 9.58. The molecule has 0 radical (unpaired) electrons. The monoisotopic (exact) mass is 482 g/mol. The van der Waals surface area contributed by atoms with Crippen LogP contribution in [0.2, 0.25) is 0 Å². The van der Waals surface area contributed by atoms with Crippen molar-refractivity contribution in [1.29, 1.82) is 0 Å². The Morgan fingerprint density at radius 3 is 2.50 bits per heavy atom. The zero-order valence-corrected chi connectivity index (χ0v) is 19.7. The molecule has 0 aliphatic carbocycles. The van der Waals surface area contributed by atoms with E-state index in [-0.39, 0.29) is 24.6 Å². The van der Waals surface area contributed by atoms with E-state index in [1.807, 2.05) is 25.1 Å². The molecule has 1 atom stereocenters. The maximum Gasteiger partial charge on any atom is 0.264 e. The van der Waals surface area contributed by atoms with E-state index >= 15 is 0 Å². The molecule has 4 rings (SSSR count). The van der Waals surface area contributed by atoms with Crippen molar-refractivity contribution in [2.75, 3.05) is 31.1 Å². The van der Waals surface area contributed by atoms with Gasteiger partial charge in [0.05, 0.1) is 30.8 Å². The van der Waals surface area contributed by atoms with Gasteiger partial charge in [-0.25, -0.2) is 8.42 Å². The van der Waals surface area contributed by atoms with E-state index in [2.05, 4.69) is 5.32 Å². The van der Waals surface area contributed by atoms with Gasteiger partial charge in [0.15, 0.2) is 17.6 Å². The molecule has 1 amide bonds. The molecular weight excluding hydrogens is 456 g/mol. The molecule has 0 bridgehead atoms. The highest BCUT2D eigenvalue weighted by molar-refractivity contribution is 7.92. The van der Waals surface area contributed by atoms with Crippen molar-refractivity contribution >= 4 is 21.6 Å². The van der Waals surface area contributed by atoms with Crippen molar-refractivity contribution < 1.29 is 27.4 Å². The van der Waals surface area contributed by atoms with Gasteiger partial charge in [0.1, 0.15) is 12.4 Å². The van der Waals surface area contributed by atoms with Crippen molar-refractivity contribution in [3.05, 3.63) is 78.4 Å². The largest absolute Gasteiger partial charge is 0.493 e. The van der Waals surface area contributed by atoms with Crippen LogP contribution >= 0.6 is 0 Å². The molecule has 34 heavy (non-hydrogen) atoms. The summed E-state index contributed by atoms with van der Waals surface area (Å²) in [5, 5.41) is 2.77. The van der Waals surface area contributed by atoms with Crippen LogP contribution in [-0.2, 0) is 14.8 Å². The third-order valence-corrected chi connectivity index (χ3v) is 7.13. The zero-order valence-electron chi connectivity index (χ0n) is 18.9. The number of aryl methyl sites for hydroxylation is 1. The molecule has 0 unspecified atom stereocenters. The second-order valence-electron chi connectivity index (χ2n) is 7.72. The smallest absolute Gasteiger partial charge is 0.264 e. The fraction of sp³-hybridized carbons (Fsp3) is 0.240. The van der Waals surface area contributed by atoms with E-state index in [0.717, 1.165) is 5.56 Å². The molecule has 0 aromatic heterocycles. The van der Waals surface area contributed by atoms with Crippen LogP contribution < -0.4 is 23.8 Å². The normalized spacial score (nSPS) is 15.1. The SMILES string of the molecule is COc1ccccc1OCCNC(=O)[C@@H]1CN(S(=O)(=O)c2ccccc2)c2ccc(C)cc2O1. The van der Waals surface area contributed by atoms with Crippen LogP contribution in [0.1, 0.15) is 5.56 Å². The minimum Gasteiger partial charge on any atom is -0.493 e. The van der Waals surface area contributed by atoms with Gasteiger partial charge in [-0.2, -0.15) is 0 Å². The predicted molar refractivity (Wildman–Crippen MR) is 128 cm³/mol. The number of hydrogen-bond donors (Lipinski definition) is 1. The first kappa shape index (κ1) is 23.4. The summed E-state index contributed by atoms with van der Waals surface area (Å²) >= 11 is 0. The van der Waals surface area contributed by atoms with E-state index in [1.54, 1.807) is 49.6 Å². The van der Waals surface area contributed by atoms with Crippen molar-refractivity contribution in [2.45, 2.75) is 17.9 Å². The summed E-state index contributed by atoms with van der Waals surface area (Å²) in [6, 6.07) is 20.6. The molecule has 1 N–H and O–H groups in total. The van der Waals surface area contributed by atoms with E-state index in [9.17, 15) is 13.2 Å². The summed E-state index contributed by atoms with van der Waals surface area (Å²) in [5.41, 5.74) is 1.29. The zero-order chi connectivity index (χ0) is 24.1. The predicted octanol–water partition coefficient (Wildman–Crippen LogP) is 3.16. The van der Waals surface area contributed by atoms with Crippen LogP contribution in [0, 0.1) is 6.92 Å². The van der Waals surface area contributed by atoms with E-state index < -0.39 is 22.0 Å². The first-order valence-electron chi connectivity index (χ1n) is 10.8. The number of methoxy groups -OCH3 is 1. The average molecular weight is 483 g/mol. The number of nitrogens with one attached hydrogen (secondary N) is 1. The fourth-order valence-corrected chi connectivity index (χ4v) is 5.13. The topological polar surface area (TPSA) is 94.2 Å². The summed E-state index contributed by atoms with van der Waals surface area (Å²) in [7, 11) is -2.33. The lowest BCUT2D eigenvalue weighted by Crippen LogP contribution is -2.51. The summed E-state index contributed by atoms with van der Waals surface area (Å²) < 4.78 is 44.8. The molecule has 1 aliphatic heterocycles. The first-order valence-corrected chi connectivity index (χ1v) is 12.2. The Morgan fingerprint density at radius 2 is 1.76 bits per heavy atom. The number of amides is 1. The Kier molecular flexibility index (Phi) is 6.93. The van der Waals surface area contributed by atoms with Crippen LogP contribution in [0.15, 0.2) is 77.7 Å². The highest BCUT2D eigenvalue weighted by atomic mass is 32.2. The standard InChI is InChI=1S/C25H26N2O6S/c1-18-12-13-20-23(16-18)33-24(17-27(20)34(29,30)19-8-4-3-5-9-19)25(28)26-14-15-32-22-11-7-6-10-21(22)31-2/h3-13,16,24H,14-15,17H2,1-2H3,(H,26,28)/t24-/m0/s1. The van der Waals surface area contributed by atoms with E-state index in [1.165, 1.54) is 16.4 Å². The number of ether oxygens (including phenoxy) is 3. The van der Waals surface area contributed by atoms with Gasteiger partial charge >= 0.3 is 0 Å². The Hall–Kier alpha value is -3.72. The molecule has 0 fully saturated rings. The van der Waals surface area contributed by atoms with E-state index in [0.29, 0.717) is 22.9 Å². The molecule has 0 saturated heterocycles. The van der Waals surface area contributed by atoms with Gasteiger partial charge in [0, 0.05) is 0 Å². The highest BCUT2D eigenvalue weighted by Crippen LogP contribution is 2.37. The Labute approximate surface area is 199 Å². The van der Waals surface area contributed by atoms with Gasteiger partial charge < -0.3 is 19.5 Å². The Bertz CT molecular complexity index is 1260. The molecular formula is C25H26N2O6S. The Balaban J connectivity index is 1.48. The maximum absolute atomic E-state index is 13.4. The van der Waals surface area contributed by atoms with Crippen molar-refractivity contribution in [1.82, 2.24) is 5.32 Å². The van der Waals surface area contributed by atoms with Gasteiger partial charge in [-0.15, -0.1) is 0 Å². The molecule has 1 aliphatic rings. The summed E-state index contributed by atoms with van der Waals surface area (Å²) in [5.74, 6) is 1.08. The lowest BCUT2D eigenvalue weighted by molar-refractivity contribution is -0.127. The molecule has 0 spiro atoms. The van der Waals surface area contributed by atoms with Crippen LogP contribution in [0.4, 0.5) is 5.69 Å². The number of benzene rings is 3. The van der Waals surface area contributed by atoms with Gasteiger partial charge in [0.25, 0.3) is 15.9 Å². The molecule has 3 aromatic rings. The van der Waals surface area contributed by atoms with Crippen LogP contribution in [0.5, 0.6) is 17.2 Å². The third kappa shape index (κ3) is 4.94. The number of fused-ring (bicyclic) bond motifs is 1. The summed E-state index contributed by atoms with van der Waals surface area (Å²) in [4.78, 5) is 13.0. The van der Waals surface area contributed by atoms with Gasteiger partial charge in [0.2, 0.25) is 0 Å². The molecule has 1 heterocycles. The molecule has 178 valence electrons. The number of carbonyl (C=O) groups excluding carboxylic acids is 1. The van der Waals surface area contributed by atoms with Crippen molar-refractivity contribution in [3.63, 3.8) is 0 Å². The minimum absolute atomic E-state index is 0.146. The number of para-hydroxylation sites is 2. The minimum atomic E-state index is -3.89. The van der Waals surface area contributed by atoms with Gasteiger partial charge in [-0.05, 0) is 48.9 Å².